The number of sulfonamides is 1. The van der Waals surface area contributed by atoms with Gasteiger partial charge < -0.3 is 14.8 Å². The Balaban J connectivity index is 1.21. The number of nitrogens with zero attached hydrogens (tertiary/aromatic N) is 3. The van der Waals surface area contributed by atoms with E-state index in [9.17, 15) is 8.42 Å². The van der Waals surface area contributed by atoms with E-state index in [2.05, 4.69) is 21.4 Å². The van der Waals surface area contributed by atoms with Crippen molar-refractivity contribution in [2.75, 3.05) is 11.9 Å². The SMILES string of the molecule is O=S(=O)(C1=COC=C(C2=CC=CCC2)O1)N1CCc2c(ccnc2Nc2cnc3ccccc3c2)C1. The molecule has 4 heterocycles. The molecule has 2 aromatic heterocycles. The quantitative estimate of drug-likeness (QED) is 0.525. The molecule has 6 rings (SSSR count). The number of allylic oxidation sites excluding steroid dienone is 4. The van der Waals surface area contributed by atoms with Crippen molar-refractivity contribution in [3.63, 3.8) is 0 Å². The molecular weight excluding hydrogens is 476 g/mol. The molecule has 2 aliphatic heterocycles. The summed E-state index contributed by atoms with van der Waals surface area (Å²) in [6, 6.07) is 11.8. The summed E-state index contributed by atoms with van der Waals surface area (Å²) in [5.41, 5.74) is 4.54. The Kier molecular flexibility index (Phi) is 5.79. The number of fused-ring (bicyclic) bond motifs is 2. The van der Waals surface area contributed by atoms with Gasteiger partial charge in [0.1, 0.15) is 18.3 Å². The van der Waals surface area contributed by atoms with Crippen LogP contribution in [0.25, 0.3) is 10.9 Å². The van der Waals surface area contributed by atoms with Gasteiger partial charge in [-0.1, -0.05) is 36.4 Å². The first-order valence-electron chi connectivity index (χ1n) is 11.8. The molecule has 36 heavy (non-hydrogen) atoms. The summed E-state index contributed by atoms with van der Waals surface area (Å²) in [6.45, 7) is 0.521. The molecule has 0 unspecified atom stereocenters. The van der Waals surface area contributed by atoms with Gasteiger partial charge in [0, 0.05) is 30.2 Å². The number of para-hydroxylation sites is 1. The van der Waals surface area contributed by atoms with Crippen LogP contribution in [0.2, 0.25) is 0 Å². The van der Waals surface area contributed by atoms with E-state index in [0.29, 0.717) is 24.5 Å². The minimum Gasteiger partial charge on any atom is -0.464 e. The molecule has 0 saturated heterocycles. The fourth-order valence-corrected chi connectivity index (χ4v) is 5.82. The first-order chi connectivity index (χ1) is 17.6. The minimum absolute atomic E-state index is 0.200. The molecule has 1 aliphatic carbocycles. The van der Waals surface area contributed by atoms with Crippen LogP contribution in [0.4, 0.5) is 11.5 Å². The van der Waals surface area contributed by atoms with Crippen LogP contribution < -0.4 is 5.32 Å². The lowest BCUT2D eigenvalue weighted by molar-refractivity contribution is 0.242. The minimum atomic E-state index is -3.89. The van der Waals surface area contributed by atoms with Crippen LogP contribution in [0.15, 0.2) is 96.0 Å². The highest BCUT2D eigenvalue weighted by molar-refractivity contribution is 7.92. The van der Waals surface area contributed by atoms with E-state index in [4.69, 9.17) is 9.47 Å². The summed E-state index contributed by atoms with van der Waals surface area (Å²) in [5.74, 6) is 1.14. The van der Waals surface area contributed by atoms with Gasteiger partial charge in [0.15, 0.2) is 5.76 Å². The average Bonchev–Trinajstić information content (AvgIpc) is 2.93. The summed E-state index contributed by atoms with van der Waals surface area (Å²) in [5, 5.41) is 4.19. The fraction of sp³-hybridized carbons (Fsp3) is 0.185. The van der Waals surface area contributed by atoms with Gasteiger partial charge in [-0.15, -0.1) is 0 Å². The average molecular weight is 501 g/mol. The molecule has 1 N–H and O–H groups in total. The van der Waals surface area contributed by atoms with E-state index in [-0.39, 0.29) is 11.6 Å². The highest BCUT2D eigenvalue weighted by Crippen LogP contribution is 2.33. The van der Waals surface area contributed by atoms with E-state index >= 15 is 0 Å². The summed E-state index contributed by atoms with van der Waals surface area (Å²) in [7, 11) is -3.89. The maximum Gasteiger partial charge on any atom is 0.280 e. The van der Waals surface area contributed by atoms with Crippen molar-refractivity contribution in [2.45, 2.75) is 25.8 Å². The summed E-state index contributed by atoms with van der Waals surface area (Å²) in [6.07, 6.45) is 14.1. The van der Waals surface area contributed by atoms with Crippen LogP contribution >= 0.6 is 0 Å². The van der Waals surface area contributed by atoms with Crippen LogP contribution in [0.3, 0.4) is 0 Å². The zero-order valence-electron chi connectivity index (χ0n) is 19.4. The van der Waals surface area contributed by atoms with Crippen molar-refractivity contribution < 1.29 is 17.9 Å². The zero-order chi connectivity index (χ0) is 24.5. The van der Waals surface area contributed by atoms with E-state index in [1.165, 1.54) is 10.6 Å². The predicted octanol–water partition coefficient (Wildman–Crippen LogP) is 5.02. The molecule has 0 saturated carbocycles. The Morgan fingerprint density at radius 2 is 1.97 bits per heavy atom. The maximum atomic E-state index is 13.4. The Hall–Kier alpha value is -3.95. The normalized spacial score (nSPS) is 17.8. The van der Waals surface area contributed by atoms with Crippen molar-refractivity contribution in [1.29, 1.82) is 0 Å². The van der Waals surface area contributed by atoms with Gasteiger partial charge >= 0.3 is 0 Å². The monoisotopic (exact) mass is 500 g/mol. The van der Waals surface area contributed by atoms with Crippen molar-refractivity contribution >= 4 is 32.4 Å². The number of aromatic nitrogens is 2. The summed E-state index contributed by atoms with van der Waals surface area (Å²) >= 11 is 0. The molecule has 0 bridgehead atoms. The van der Waals surface area contributed by atoms with Crippen molar-refractivity contribution in [2.24, 2.45) is 0 Å². The Labute approximate surface area is 209 Å². The Morgan fingerprint density at radius 1 is 1.06 bits per heavy atom. The maximum absolute atomic E-state index is 13.4. The lowest BCUT2D eigenvalue weighted by Crippen LogP contribution is -2.37. The largest absolute Gasteiger partial charge is 0.464 e. The lowest BCUT2D eigenvalue weighted by Gasteiger charge is -2.30. The number of benzene rings is 1. The topological polar surface area (TPSA) is 93.7 Å². The lowest BCUT2D eigenvalue weighted by atomic mass is 10.0. The second-order valence-electron chi connectivity index (χ2n) is 8.74. The van der Waals surface area contributed by atoms with E-state index in [0.717, 1.165) is 52.4 Å². The smallest absolute Gasteiger partial charge is 0.280 e. The fourth-order valence-electron chi connectivity index (χ4n) is 4.55. The summed E-state index contributed by atoms with van der Waals surface area (Å²) in [4.78, 5) is 9.03. The molecule has 8 nitrogen and oxygen atoms in total. The Morgan fingerprint density at radius 3 is 2.86 bits per heavy atom. The van der Waals surface area contributed by atoms with Crippen LogP contribution in [0.5, 0.6) is 0 Å². The van der Waals surface area contributed by atoms with Gasteiger partial charge in [0.05, 0.1) is 17.4 Å². The second-order valence-corrected chi connectivity index (χ2v) is 10.6. The number of anilines is 2. The molecule has 0 radical (unpaired) electrons. The van der Waals surface area contributed by atoms with Crippen LogP contribution in [0.1, 0.15) is 24.0 Å². The zero-order valence-corrected chi connectivity index (χ0v) is 20.2. The van der Waals surface area contributed by atoms with Gasteiger partial charge in [-0.2, -0.15) is 4.31 Å². The Bertz CT molecular complexity index is 1570. The predicted molar refractivity (Wildman–Crippen MR) is 137 cm³/mol. The highest BCUT2D eigenvalue weighted by atomic mass is 32.2. The van der Waals surface area contributed by atoms with Crippen LogP contribution in [0, 0.1) is 0 Å². The standard InChI is InChI=1S/C27H24N4O4S/c32-36(33,26-18-34-17-25(35-26)19-6-2-1-3-7-19)31-13-11-23-21(16-31)10-12-28-27(23)30-22-14-20-8-4-5-9-24(20)29-15-22/h1-2,4-6,8-10,12,14-15,17-18H,3,7,11,13,16H2,(H,28,30). The highest BCUT2D eigenvalue weighted by Gasteiger charge is 2.35. The van der Waals surface area contributed by atoms with Gasteiger partial charge in [0.25, 0.3) is 15.1 Å². The number of pyridine rings is 2. The van der Waals surface area contributed by atoms with Gasteiger partial charge in [-0.05, 0) is 48.6 Å². The molecule has 0 fully saturated rings. The van der Waals surface area contributed by atoms with Gasteiger partial charge in [-0.3, -0.25) is 4.98 Å². The first kappa shape index (κ1) is 22.5. The summed E-state index contributed by atoms with van der Waals surface area (Å²) < 4.78 is 39.5. The van der Waals surface area contributed by atoms with Crippen LogP contribution in [-0.4, -0.2) is 29.2 Å². The number of ether oxygens (including phenoxy) is 2. The molecule has 182 valence electrons. The first-order valence-corrected chi connectivity index (χ1v) is 13.2. The van der Waals surface area contributed by atoms with Crippen molar-refractivity contribution in [1.82, 2.24) is 14.3 Å². The molecule has 1 aromatic carbocycles. The van der Waals surface area contributed by atoms with Gasteiger partial charge in [-0.25, -0.2) is 13.4 Å². The number of hydrogen-bond acceptors (Lipinski definition) is 7. The van der Waals surface area contributed by atoms with Crippen molar-refractivity contribution in [3.05, 3.63) is 107 Å². The van der Waals surface area contributed by atoms with Crippen LogP contribution in [-0.2, 0) is 32.5 Å². The molecule has 0 amide bonds. The van der Waals surface area contributed by atoms with Gasteiger partial charge in [0.2, 0.25) is 0 Å². The third kappa shape index (κ3) is 4.27. The molecule has 0 atom stereocenters. The number of rotatable bonds is 5. The molecule has 0 spiro atoms. The van der Waals surface area contributed by atoms with E-state index < -0.39 is 10.0 Å². The van der Waals surface area contributed by atoms with E-state index in [1.807, 2.05) is 48.6 Å². The molecule has 3 aromatic rings. The van der Waals surface area contributed by atoms with Crippen molar-refractivity contribution in [3.8, 4) is 0 Å². The second kappa shape index (κ2) is 9.25. The molecular formula is C27H24N4O4S. The number of hydrogen-bond donors (Lipinski definition) is 1. The van der Waals surface area contributed by atoms with E-state index in [1.54, 1.807) is 12.4 Å². The third-order valence-corrected chi connectivity index (χ3v) is 8.12. The third-order valence-electron chi connectivity index (χ3n) is 6.44. The number of nitrogens with one attached hydrogen (secondary N) is 1. The molecule has 9 heteroatoms. The molecule has 3 aliphatic rings.